The summed E-state index contributed by atoms with van der Waals surface area (Å²) in [6, 6.07) is 4.04. The van der Waals surface area contributed by atoms with Crippen LogP contribution in [0, 0.1) is 12.7 Å². The van der Waals surface area contributed by atoms with Crippen LogP contribution in [0.15, 0.2) is 18.2 Å². The number of rotatable bonds is 4. The van der Waals surface area contributed by atoms with Crippen LogP contribution in [0.25, 0.3) is 0 Å². The molecule has 0 radical (unpaired) electrons. The van der Waals surface area contributed by atoms with E-state index in [2.05, 4.69) is 5.32 Å². The largest absolute Gasteiger partial charge is 0.481 e. The van der Waals surface area contributed by atoms with Crippen LogP contribution in [0.2, 0.25) is 0 Å². The maximum Gasteiger partial charge on any atom is 0.317 e. The Morgan fingerprint density at radius 3 is 2.38 bits per heavy atom. The third-order valence-corrected chi connectivity index (χ3v) is 3.89. The van der Waals surface area contributed by atoms with E-state index in [1.165, 1.54) is 11.0 Å². The molecule has 0 spiro atoms. The summed E-state index contributed by atoms with van der Waals surface area (Å²) in [5.41, 5.74) is 0.770. The summed E-state index contributed by atoms with van der Waals surface area (Å²) in [6.45, 7) is 3.08. The first kappa shape index (κ1) is 17.7. The first-order valence-electron chi connectivity index (χ1n) is 7.68. The number of carboxylic acids is 1. The Kier molecular flexibility index (Phi) is 5.73. The molecule has 1 aromatic rings. The molecule has 3 amide bonds. The maximum atomic E-state index is 13.6. The average Bonchev–Trinajstić information content (AvgIpc) is 2.56. The summed E-state index contributed by atoms with van der Waals surface area (Å²) in [4.78, 5) is 37.8. The quantitative estimate of drug-likeness (QED) is 0.860. The number of aryl methyl sites for hydroxylation is 1. The molecule has 7 nitrogen and oxygen atoms in total. The molecule has 8 heteroatoms. The van der Waals surface area contributed by atoms with Crippen LogP contribution in [-0.4, -0.2) is 65.5 Å². The lowest BCUT2D eigenvalue weighted by Gasteiger charge is -2.34. The highest BCUT2D eigenvalue weighted by molar-refractivity contribution is 5.94. The van der Waals surface area contributed by atoms with Crippen molar-refractivity contribution in [1.82, 2.24) is 15.1 Å². The molecule has 1 fully saturated rings. The summed E-state index contributed by atoms with van der Waals surface area (Å²) in [5.74, 6) is -1.66. The van der Waals surface area contributed by atoms with E-state index in [4.69, 9.17) is 5.11 Å². The number of carbonyl (C=O) groups is 3. The van der Waals surface area contributed by atoms with Gasteiger partial charge in [0.1, 0.15) is 5.82 Å². The van der Waals surface area contributed by atoms with Crippen molar-refractivity contribution in [3.63, 3.8) is 0 Å². The fourth-order valence-corrected chi connectivity index (χ4v) is 2.41. The number of piperazine rings is 1. The summed E-state index contributed by atoms with van der Waals surface area (Å²) < 4.78 is 13.6. The zero-order valence-corrected chi connectivity index (χ0v) is 13.4. The van der Waals surface area contributed by atoms with Crippen molar-refractivity contribution in [2.45, 2.75) is 13.3 Å². The molecule has 0 unspecified atom stereocenters. The third-order valence-electron chi connectivity index (χ3n) is 3.89. The second kappa shape index (κ2) is 7.76. The fourth-order valence-electron chi connectivity index (χ4n) is 2.41. The van der Waals surface area contributed by atoms with Gasteiger partial charge in [0.2, 0.25) is 0 Å². The highest BCUT2D eigenvalue weighted by Crippen LogP contribution is 2.13. The molecule has 0 aromatic heterocycles. The maximum absolute atomic E-state index is 13.6. The van der Waals surface area contributed by atoms with Crippen molar-refractivity contribution in [3.8, 4) is 0 Å². The Labute approximate surface area is 139 Å². The summed E-state index contributed by atoms with van der Waals surface area (Å²) in [5, 5.41) is 11.1. The summed E-state index contributed by atoms with van der Waals surface area (Å²) >= 11 is 0. The van der Waals surface area contributed by atoms with Crippen LogP contribution in [0.5, 0.6) is 0 Å². The summed E-state index contributed by atoms with van der Waals surface area (Å²) in [7, 11) is 0. The fraction of sp³-hybridized carbons (Fsp3) is 0.438. The minimum atomic E-state index is -0.976. The number of carboxylic acid groups (broad SMARTS) is 1. The number of halogens is 1. The minimum Gasteiger partial charge on any atom is -0.481 e. The third kappa shape index (κ3) is 4.43. The molecule has 0 bridgehead atoms. The first-order valence-corrected chi connectivity index (χ1v) is 7.68. The highest BCUT2D eigenvalue weighted by Gasteiger charge is 2.25. The Hall–Kier alpha value is -2.64. The zero-order valence-electron chi connectivity index (χ0n) is 13.4. The molecule has 0 atom stereocenters. The van der Waals surface area contributed by atoms with E-state index in [1.807, 2.05) is 0 Å². The highest BCUT2D eigenvalue weighted by atomic mass is 19.1. The van der Waals surface area contributed by atoms with Crippen molar-refractivity contribution < 1.29 is 23.9 Å². The Bertz CT molecular complexity index is 642. The SMILES string of the molecule is Cc1ccc(C(=O)N2CCN(C(=O)NCCC(=O)O)CC2)cc1F. The molecule has 24 heavy (non-hydrogen) atoms. The predicted octanol–water partition coefficient (Wildman–Crippen LogP) is 1.08. The van der Waals surface area contributed by atoms with Crippen molar-refractivity contribution in [2.75, 3.05) is 32.7 Å². The number of urea groups is 1. The van der Waals surface area contributed by atoms with Gasteiger partial charge in [0.25, 0.3) is 5.91 Å². The number of nitrogens with one attached hydrogen (secondary N) is 1. The Morgan fingerprint density at radius 2 is 1.79 bits per heavy atom. The molecule has 0 aliphatic carbocycles. The van der Waals surface area contributed by atoms with Gasteiger partial charge in [0.05, 0.1) is 6.42 Å². The molecule has 2 rings (SSSR count). The van der Waals surface area contributed by atoms with E-state index >= 15 is 0 Å². The monoisotopic (exact) mass is 337 g/mol. The molecule has 1 saturated heterocycles. The molecule has 1 aliphatic heterocycles. The molecule has 1 heterocycles. The van der Waals surface area contributed by atoms with E-state index in [-0.39, 0.29) is 30.5 Å². The van der Waals surface area contributed by atoms with Crippen LogP contribution in [0.1, 0.15) is 22.3 Å². The lowest BCUT2D eigenvalue weighted by molar-refractivity contribution is -0.136. The normalized spacial score (nSPS) is 14.4. The topological polar surface area (TPSA) is 90.0 Å². The van der Waals surface area contributed by atoms with Gasteiger partial charge in [-0.1, -0.05) is 6.07 Å². The number of benzene rings is 1. The summed E-state index contributed by atoms with van der Waals surface area (Å²) in [6.07, 6.45) is -0.136. The van der Waals surface area contributed by atoms with E-state index in [9.17, 15) is 18.8 Å². The Balaban J connectivity index is 1.85. The van der Waals surface area contributed by atoms with Gasteiger partial charge in [-0.05, 0) is 24.6 Å². The predicted molar refractivity (Wildman–Crippen MR) is 84.3 cm³/mol. The van der Waals surface area contributed by atoms with E-state index in [0.717, 1.165) is 0 Å². The van der Waals surface area contributed by atoms with Gasteiger partial charge in [-0.15, -0.1) is 0 Å². The van der Waals surface area contributed by atoms with Gasteiger partial charge < -0.3 is 20.2 Å². The Morgan fingerprint density at radius 1 is 1.17 bits per heavy atom. The van der Waals surface area contributed by atoms with Gasteiger partial charge in [-0.3, -0.25) is 9.59 Å². The van der Waals surface area contributed by atoms with E-state index in [1.54, 1.807) is 24.0 Å². The van der Waals surface area contributed by atoms with Crippen LogP contribution < -0.4 is 5.32 Å². The lowest BCUT2D eigenvalue weighted by atomic mass is 10.1. The van der Waals surface area contributed by atoms with Gasteiger partial charge in [-0.25, -0.2) is 9.18 Å². The number of carbonyl (C=O) groups excluding carboxylic acids is 2. The minimum absolute atomic E-state index is 0.0654. The molecule has 130 valence electrons. The molecular formula is C16H20FN3O4. The van der Waals surface area contributed by atoms with Crippen LogP contribution >= 0.6 is 0 Å². The number of nitrogens with zero attached hydrogens (tertiary/aromatic N) is 2. The smallest absolute Gasteiger partial charge is 0.317 e. The van der Waals surface area contributed by atoms with E-state index in [0.29, 0.717) is 31.7 Å². The van der Waals surface area contributed by atoms with Gasteiger partial charge in [0.15, 0.2) is 0 Å². The van der Waals surface area contributed by atoms with Crippen LogP contribution in [0.4, 0.5) is 9.18 Å². The molecule has 1 aromatic carbocycles. The second-order valence-corrected chi connectivity index (χ2v) is 5.62. The number of amides is 3. The number of hydrogen-bond acceptors (Lipinski definition) is 3. The van der Waals surface area contributed by atoms with Crippen LogP contribution in [-0.2, 0) is 4.79 Å². The van der Waals surface area contributed by atoms with Gasteiger partial charge in [-0.2, -0.15) is 0 Å². The average molecular weight is 337 g/mol. The lowest BCUT2D eigenvalue weighted by Crippen LogP contribution is -2.53. The number of hydrogen-bond donors (Lipinski definition) is 2. The zero-order chi connectivity index (χ0) is 17.7. The van der Waals surface area contributed by atoms with Crippen molar-refractivity contribution in [3.05, 3.63) is 35.1 Å². The van der Waals surface area contributed by atoms with Gasteiger partial charge >= 0.3 is 12.0 Å². The van der Waals surface area contributed by atoms with Crippen molar-refractivity contribution >= 4 is 17.9 Å². The molecule has 0 saturated carbocycles. The molecule has 1 aliphatic rings. The van der Waals surface area contributed by atoms with Crippen molar-refractivity contribution in [2.24, 2.45) is 0 Å². The molecule has 2 N–H and O–H groups in total. The molecular weight excluding hydrogens is 317 g/mol. The van der Waals surface area contributed by atoms with E-state index < -0.39 is 11.8 Å². The standard InChI is InChI=1S/C16H20FN3O4/c1-11-2-3-12(10-13(11)17)15(23)19-6-8-20(9-7-19)16(24)18-5-4-14(21)22/h2-3,10H,4-9H2,1H3,(H,18,24)(H,21,22). The second-order valence-electron chi connectivity index (χ2n) is 5.62. The van der Waals surface area contributed by atoms with Crippen LogP contribution in [0.3, 0.4) is 0 Å². The number of aliphatic carboxylic acids is 1. The first-order chi connectivity index (χ1) is 11.4. The van der Waals surface area contributed by atoms with Crippen molar-refractivity contribution in [1.29, 1.82) is 0 Å². The van der Waals surface area contributed by atoms with Gasteiger partial charge in [0, 0.05) is 38.3 Å².